The average molecular weight is 2400 g/mol. The summed E-state index contributed by atoms with van der Waals surface area (Å²) in [5.74, 6) is 0. The van der Waals surface area contributed by atoms with Crippen molar-refractivity contribution in [3.05, 3.63) is 309 Å². The Kier molecular flexibility index (Phi) is 38.0. The number of aromatic nitrogens is 3. The van der Waals surface area contributed by atoms with E-state index in [-0.39, 0.29) is 6.99 Å². The van der Waals surface area contributed by atoms with Gasteiger partial charge in [-0.2, -0.15) is 20.8 Å². The van der Waals surface area contributed by atoms with Gasteiger partial charge in [-0.25, -0.2) is 0 Å². The van der Waals surface area contributed by atoms with Crippen LogP contribution in [0.1, 0.15) is 64.2 Å². The van der Waals surface area contributed by atoms with Gasteiger partial charge >= 0.3 is 69.2 Å². The van der Waals surface area contributed by atoms with Gasteiger partial charge in [0.05, 0.1) is 45.2 Å². The summed E-state index contributed by atoms with van der Waals surface area (Å²) in [6.45, 7) is 0.130. The van der Waals surface area contributed by atoms with Crippen molar-refractivity contribution < 1.29 is 9.13 Å². The van der Waals surface area contributed by atoms with E-state index in [0.29, 0.717) is 0 Å². The van der Waals surface area contributed by atoms with Gasteiger partial charge in [0, 0.05) is 193 Å². The van der Waals surface area contributed by atoms with Crippen molar-refractivity contribution in [1.29, 1.82) is 10.5 Å². The molecule has 3 aromatic heterocycles. The summed E-state index contributed by atoms with van der Waals surface area (Å²) in [5, 5.41) is 40.7. The third-order valence-corrected chi connectivity index (χ3v) is 33.4. The Morgan fingerprint density at radius 3 is 0.787 bits per heavy atom. The number of para-hydroxylation sites is 6. The zero-order valence-corrected chi connectivity index (χ0v) is 95.8. The van der Waals surface area contributed by atoms with Gasteiger partial charge in [-0.05, 0) is 185 Å². The van der Waals surface area contributed by atoms with Gasteiger partial charge in [-0.15, -0.1) is 36.0 Å². The van der Waals surface area contributed by atoms with Crippen molar-refractivity contribution in [2.75, 3.05) is 0 Å². The predicted molar refractivity (Wildman–Crippen MR) is 601 cm³/mol. The number of azo groups is 1. The maximum atomic E-state index is 15.7. The van der Waals surface area contributed by atoms with Crippen molar-refractivity contribution in [3.8, 4) is 51.5 Å². The molecule has 2 aliphatic carbocycles. The number of nitriles is 2. The van der Waals surface area contributed by atoms with Gasteiger partial charge in [-0.3, -0.25) is 0 Å². The topological polar surface area (TPSA) is 121 Å². The Morgan fingerprint density at radius 2 is 0.567 bits per heavy atom. The van der Waals surface area contributed by atoms with E-state index in [1.165, 1.54) is 84.9 Å². The number of hydrogen-bond donors (Lipinski definition) is 0. The molecule has 0 N–H and O–H groups in total. The van der Waals surface area contributed by atoms with Crippen molar-refractivity contribution in [3.63, 3.8) is 0 Å². The summed E-state index contributed by atoms with van der Waals surface area (Å²) in [6.07, 6.45) is 9.76. The monoisotopic (exact) mass is 2400 g/mol. The quantitative estimate of drug-likeness (QED) is 0.0838. The molecule has 16 aromatic rings. The van der Waals surface area contributed by atoms with Gasteiger partial charge in [-0.1, -0.05) is 246 Å². The van der Waals surface area contributed by atoms with Gasteiger partial charge < -0.3 is 22.8 Å². The van der Waals surface area contributed by atoms with Crippen molar-refractivity contribution in [1.82, 2.24) is 13.7 Å². The summed E-state index contributed by atoms with van der Waals surface area (Å²) < 4.78 is 42.5. The second kappa shape index (κ2) is 47.6. The molecule has 0 amide bonds. The van der Waals surface area contributed by atoms with E-state index in [1.807, 2.05) is 97.1 Å². The molecular weight excluding hydrogens is 2310 g/mol. The first-order valence-electron chi connectivity index (χ1n) is 41.0. The third kappa shape index (κ3) is 23.2. The van der Waals surface area contributed by atoms with E-state index >= 15 is 9.13 Å². The third-order valence-electron chi connectivity index (χ3n) is 21.9. The molecule has 4 aliphatic rings. The molecule has 29 heteroatoms. The number of hydrogen-bond acceptors (Lipinski definition) is 10. The van der Waals surface area contributed by atoms with E-state index in [4.69, 9.17) is 0 Å². The molecule has 4 atom stereocenters. The molecule has 20 rings (SSSR count). The van der Waals surface area contributed by atoms with Crippen LogP contribution in [0.3, 0.4) is 0 Å². The molecule has 2 fully saturated rings. The zero-order chi connectivity index (χ0) is 90.7. The molecule has 2 saturated carbocycles. The zero-order valence-electron chi connectivity index (χ0n) is 70.8. The first kappa shape index (κ1) is 101. The van der Waals surface area contributed by atoms with E-state index in [9.17, 15) is 10.5 Å². The Balaban J connectivity index is 0.000000164. The van der Waals surface area contributed by atoms with Crippen LogP contribution in [0.4, 0.5) is 0 Å². The van der Waals surface area contributed by atoms with Gasteiger partial charge in [0.1, 0.15) is 0 Å². The van der Waals surface area contributed by atoms with E-state index in [2.05, 4.69) is 404 Å². The Bertz CT molecular complexity index is 6430. The van der Waals surface area contributed by atoms with Crippen molar-refractivity contribution in [2.45, 2.75) is 105 Å². The summed E-state index contributed by atoms with van der Waals surface area (Å²) in [5.41, 5.74) is 13.1. The first-order valence-corrected chi connectivity index (χ1v) is 78.2. The maximum absolute atomic E-state index is 15.7. The molecule has 2 radical (unpaired) electrons. The minimum absolute atomic E-state index is 0.130. The number of nitrogens with zero attached hydrogens (tertiary/aromatic N) is 7. The SMILES string of the molecule is Brc1cccc(Br)c1-c1c(Br)cccc1Br.N#CC1(N=NC2(C#N)CCCCC2)CCCCC1.O=P1(c2ccc(-n3c4ccccc4c4ccccc43)cc2)c2cccc3c2-c2c1cccc2P3(=O)c1ccc(-n2c3ccccc3c3ccccc32)cc1.PP(P)P.Pc1ccc(-n2c3ccccc3c3ccccc32)cc1.S=S=S.S=S=S=S.[CH3][Sn]([CH3])[CH3].[CH3][Sn]([CH3])[CH3]. The van der Waals surface area contributed by atoms with E-state index in [1.54, 1.807) is 0 Å². The molecule has 127 heavy (non-hydrogen) atoms. The number of fused-ring (bicyclic) bond motifs is 9. The molecule has 5 heterocycles. The second-order valence-electron chi connectivity index (χ2n) is 31.7. The van der Waals surface area contributed by atoms with Crippen LogP contribution < -0.4 is 37.1 Å². The normalized spacial score (nSPS) is 14.2. The van der Waals surface area contributed by atoms with Gasteiger partial charge in [0.25, 0.3) is 0 Å². The molecule has 0 spiro atoms. The molecule has 646 valence electrons. The summed E-state index contributed by atoms with van der Waals surface area (Å²) >= 11 is 30.1. The average Bonchev–Trinajstić information content (AvgIpc) is 1.50. The van der Waals surface area contributed by atoms with Crippen molar-refractivity contribution in [2.24, 2.45) is 10.2 Å². The molecule has 2 aliphatic heterocycles. The summed E-state index contributed by atoms with van der Waals surface area (Å²) in [4.78, 5) is 14.2. The van der Waals surface area contributed by atoms with E-state index in [0.717, 1.165) is 166 Å². The first-order chi connectivity index (χ1) is 61.3. The Morgan fingerprint density at radius 1 is 0.354 bits per heavy atom. The summed E-state index contributed by atoms with van der Waals surface area (Å²) in [7, 11) is 7.44. The number of halogens is 4. The van der Waals surface area contributed by atoms with Crippen molar-refractivity contribution >= 4 is 334 Å². The minimum atomic E-state index is -3.25. The molecule has 13 aromatic carbocycles. The molecule has 9 nitrogen and oxygen atoms in total. The van der Waals surface area contributed by atoms with Crippen LogP contribution in [0, 0.1) is 22.7 Å². The standard InChI is InChI=1S/C48H30N2O2P2.C18H14NP.C14H20N4.C12H6Br4.6CH3.H6P4.S4.S3.2Sn/c51-53(33-27-23-31(24-28-33)49-39-15-5-1-11-35(39)36-12-2-6-16-40(36)49)43-19-9-21-45-47(43)48-44(53)20-10-22-46(48)54(45,52)34-29-25-32(26-30-34)50-41-17-7-3-13-37(41)38-14-4-8-18-42(38)50;20-14-11-9-13(10-12-14)19-17-7-3-1-5-15(17)16-6-2-4-8-18(16)19;15-11-13(7-3-1-4-8-13)17-18-14(12-16)9-5-2-6-10-14;13-7-3-1-4-8(14)11(7)12-9(15)5-2-6-10(12)16;;;;;;;1-4(2)3;1-3-4-2;1-3-2;;/h1-30H;1-12H,20H2;1-10H2;1-6H;6*1H3;1-3H2;;;;. The van der Waals surface area contributed by atoms with Gasteiger partial charge in [0.2, 0.25) is 0 Å². The molecule has 4 unspecified atom stereocenters. The second-order valence-corrected chi connectivity index (χ2v) is 75.3. The van der Waals surface area contributed by atoms with Crippen LogP contribution in [-0.4, -0.2) is 64.3 Å². The molecule has 0 saturated heterocycles. The predicted octanol–water partition coefficient (Wildman–Crippen LogP) is 28.6. The van der Waals surface area contributed by atoms with Crippen LogP contribution in [0.5, 0.6) is 0 Å². The molecular formula is C98H94Br4N7O2P7S7Sn2. The van der Waals surface area contributed by atoms with Crippen LogP contribution in [0.15, 0.2) is 319 Å². The van der Waals surface area contributed by atoms with Gasteiger partial charge in [0.15, 0.2) is 25.4 Å². The fourth-order valence-electron chi connectivity index (χ4n) is 16.7. The van der Waals surface area contributed by atoms with Crippen LogP contribution in [0.25, 0.3) is 105 Å². The van der Waals surface area contributed by atoms with E-state index < -0.39 is 64.9 Å². The fraction of sp³-hybridized carbons (Fsp3) is 0.184. The van der Waals surface area contributed by atoms with Crippen LogP contribution >= 0.6 is 121 Å². The summed E-state index contributed by atoms with van der Waals surface area (Å²) in [6, 6.07) is 105. The Hall–Kier alpha value is -4.49. The van der Waals surface area contributed by atoms with Crippen LogP contribution in [-0.2, 0) is 80.5 Å². The molecule has 0 bridgehead atoms. The Labute approximate surface area is 833 Å². The van der Waals surface area contributed by atoms with Crippen LogP contribution in [0.2, 0.25) is 29.6 Å². The number of rotatable bonds is 8. The fourth-order valence-corrected chi connectivity index (χ4v) is 26.0. The number of benzene rings is 13.